The Hall–Kier alpha value is -0.400. The van der Waals surface area contributed by atoms with E-state index >= 15 is 0 Å². The van der Waals surface area contributed by atoms with E-state index in [1.54, 1.807) is 23.3 Å². The van der Waals surface area contributed by atoms with Gasteiger partial charge < -0.3 is 24.8 Å². The largest absolute Gasteiger partial charge is 1.00 e. The predicted octanol–water partition coefficient (Wildman–Crippen LogP) is -2.26. The normalized spacial score (nSPS) is 15.3. The van der Waals surface area contributed by atoms with E-state index in [1.165, 1.54) is 32.0 Å². The summed E-state index contributed by atoms with van der Waals surface area (Å²) in [6, 6.07) is 12.8. The van der Waals surface area contributed by atoms with Crippen molar-refractivity contribution in [2.45, 2.75) is 54.6 Å². The van der Waals surface area contributed by atoms with E-state index in [9.17, 15) is 0 Å². The minimum absolute atomic E-state index is 0. The number of halogens is 2. The van der Waals surface area contributed by atoms with Gasteiger partial charge in [0.25, 0.3) is 0 Å². The molecule has 0 bridgehead atoms. The van der Waals surface area contributed by atoms with Crippen LogP contribution in [0.1, 0.15) is 38.8 Å². The molecule has 0 fully saturated rings. The summed E-state index contributed by atoms with van der Waals surface area (Å²) in [7, 11) is 0. The van der Waals surface area contributed by atoms with Crippen molar-refractivity contribution in [3.63, 3.8) is 0 Å². The molecular formula is C26H32Cl2SiZr-2. The Balaban J connectivity index is 0.000000452. The van der Waals surface area contributed by atoms with Crippen LogP contribution in [0.15, 0.2) is 36.4 Å². The van der Waals surface area contributed by atoms with Gasteiger partial charge in [0, 0.05) is 0 Å². The first kappa shape index (κ1) is 29.6. The predicted molar refractivity (Wildman–Crippen MR) is 122 cm³/mol. The maximum absolute atomic E-state index is 3.49. The number of fused-ring (bicyclic) bond motifs is 2. The second-order valence-electron chi connectivity index (χ2n) is 9.06. The molecule has 2 aliphatic carbocycles. The smallest absolute Gasteiger partial charge is 0.0579 e. The summed E-state index contributed by atoms with van der Waals surface area (Å²) in [4.78, 5) is 0. The fourth-order valence-electron chi connectivity index (χ4n) is 3.46. The van der Waals surface area contributed by atoms with Crippen molar-refractivity contribution >= 4 is 29.7 Å². The zero-order valence-electron chi connectivity index (χ0n) is 19.4. The fraction of sp³-hybridized carbons (Fsp3) is 0.385. The molecule has 0 nitrogen and oxygen atoms in total. The van der Waals surface area contributed by atoms with E-state index < -0.39 is 0 Å². The molecule has 0 saturated heterocycles. The Morgan fingerprint density at radius 1 is 0.700 bits per heavy atom. The van der Waals surface area contributed by atoms with E-state index in [2.05, 4.69) is 115 Å². The molecule has 0 aliphatic heterocycles. The zero-order valence-corrected chi connectivity index (χ0v) is 24.3. The molecule has 0 radical (unpaired) electrons. The molecule has 0 unspecified atom stereocenters. The van der Waals surface area contributed by atoms with Crippen molar-refractivity contribution < 1.29 is 48.1 Å². The van der Waals surface area contributed by atoms with Crippen LogP contribution >= 0.6 is 0 Å². The molecule has 0 N–H and O–H groups in total. The van der Waals surface area contributed by atoms with Crippen molar-refractivity contribution in [1.82, 2.24) is 0 Å². The standard InChI is InChI=1S/2C12H13.C2H6Si.2ClH.Zr/c2*1-9-5-4-6-10-7-12(2,3)8-11(9)10;1-3-2;;;/h2*4-7H,1-3H3;1-2H3;2*1H;/q2*-1;;;;+2/p-2. The van der Waals surface area contributed by atoms with Crippen LogP contribution in [0.4, 0.5) is 0 Å². The van der Waals surface area contributed by atoms with Gasteiger partial charge in [0.2, 0.25) is 0 Å². The van der Waals surface area contributed by atoms with Crippen LogP contribution in [0.5, 0.6) is 0 Å². The second kappa shape index (κ2) is 12.0. The van der Waals surface area contributed by atoms with Crippen LogP contribution in [-0.4, -0.2) is 5.43 Å². The summed E-state index contributed by atoms with van der Waals surface area (Å²) in [5.41, 5.74) is 3.11. The molecule has 0 spiro atoms. The Kier molecular flexibility index (Phi) is 11.8. The molecular weight excluding hydrogens is 503 g/mol. The van der Waals surface area contributed by atoms with Crippen LogP contribution < -0.4 is 45.7 Å². The number of hydrogen-bond donors (Lipinski definition) is 0. The van der Waals surface area contributed by atoms with Crippen LogP contribution in [0, 0.1) is 24.7 Å². The summed E-state index contributed by atoms with van der Waals surface area (Å²) in [6.45, 7) is 17.6. The van der Waals surface area contributed by atoms with Gasteiger partial charge in [-0.25, -0.2) is 0 Å². The summed E-state index contributed by atoms with van der Waals surface area (Å²) < 4.78 is 0. The molecule has 0 atom stereocenters. The Morgan fingerprint density at radius 2 is 1.00 bits per heavy atom. The first-order valence-electron chi connectivity index (χ1n) is 9.89. The van der Waals surface area contributed by atoms with Gasteiger partial charge in [-0.05, 0) is 0 Å². The van der Waals surface area contributed by atoms with E-state index in [-0.39, 0.29) is 41.1 Å². The quantitative estimate of drug-likeness (QED) is 0.265. The number of hydrogen-bond acceptors (Lipinski definition) is 0. The minimum atomic E-state index is 0. The van der Waals surface area contributed by atoms with E-state index in [4.69, 9.17) is 0 Å². The van der Waals surface area contributed by atoms with Crippen LogP contribution in [-0.2, 0) is 23.3 Å². The van der Waals surface area contributed by atoms with Gasteiger partial charge in [0.1, 0.15) is 0 Å². The molecule has 0 amide bonds. The molecule has 0 aromatic heterocycles. The van der Waals surface area contributed by atoms with Crippen LogP contribution in [0.25, 0.3) is 24.3 Å². The first-order chi connectivity index (χ1) is 12.9. The maximum Gasteiger partial charge on any atom is -0.0579 e. The molecule has 30 heavy (non-hydrogen) atoms. The number of aryl methyl sites for hydroxylation is 2. The third kappa shape index (κ3) is 8.62. The Bertz CT molecular complexity index is 1040. The Morgan fingerprint density at radius 3 is 1.27 bits per heavy atom. The number of benzene rings is 2. The third-order valence-corrected chi connectivity index (χ3v) is 4.54. The summed E-state index contributed by atoms with van der Waals surface area (Å²) in [5, 5.41) is 5.25. The van der Waals surface area contributed by atoms with Gasteiger partial charge >= 0.3 is 41.9 Å². The molecule has 2 aromatic carbocycles. The van der Waals surface area contributed by atoms with Crippen LogP contribution in [0.2, 0.25) is 13.1 Å². The van der Waals surface area contributed by atoms with Gasteiger partial charge in [0.05, 0.1) is 0 Å². The number of rotatable bonds is 0. The molecule has 4 rings (SSSR count). The summed E-state index contributed by atoms with van der Waals surface area (Å²) in [5.74, 6) is 0. The van der Waals surface area contributed by atoms with Crippen LogP contribution in [0.3, 0.4) is 0 Å². The Labute approximate surface area is 210 Å². The van der Waals surface area contributed by atoms with Crippen molar-refractivity contribution in [3.05, 3.63) is 68.4 Å². The third-order valence-electron chi connectivity index (χ3n) is 4.54. The SMILES string of the molecule is C[Si](C)=[Zr+2].Cc1cccc2c1=[C-]C(C)(C)C=2.Cc1cccc2c1=[C-]C(C)(C)C=2.[Cl-].[Cl-]. The van der Waals surface area contributed by atoms with Crippen molar-refractivity contribution in [3.8, 4) is 0 Å². The minimum Gasteiger partial charge on any atom is -1.00 e. The van der Waals surface area contributed by atoms with Crippen molar-refractivity contribution in [2.75, 3.05) is 0 Å². The van der Waals surface area contributed by atoms with Gasteiger partial charge in [-0.2, -0.15) is 33.7 Å². The molecule has 4 heteroatoms. The van der Waals surface area contributed by atoms with Gasteiger partial charge in [-0.3, -0.25) is 0 Å². The van der Waals surface area contributed by atoms with Crippen molar-refractivity contribution in [2.24, 2.45) is 10.8 Å². The van der Waals surface area contributed by atoms with E-state index in [0.29, 0.717) is 0 Å². The molecule has 0 heterocycles. The molecule has 0 saturated carbocycles. The molecule has 2 aliphatic rings. The average molecular weight is 535 g/mol. The summed E-state index contributed by atoms with van der Waals surface area (Å²) >= 11 is 1.74. The summed E-state index contributed by atoms with van der Waals surface area (Å²) in [6.07, 6.45) is 11.5. The first-order valence-corrected chi connectivity index (χ1v) is 16.1. The molecule has 160 valence electrons. The fourth-order valence-corrected chi connectivity index (χ4v) is 3.46. The van der Waals surface area contributed by atoms with E-state index in [0.717, 1.165) is 0 Å². The van der Waals surface area contributed by atoms with Gasteiger partial charge in [-0.15, -0.1) is 46.9 Å². The topological polar surface area (TPSA) is 0 Å². The zero-order chi connectivity index (χ0) is 21.1. The average Bonchev–Trinajstić information content (AvgIpc) is 3.03. The van der Waals surface area contributed by atoms with E-state index in [1.807, 2.05) is 0 Å². The molecule has 2 aromatic rings. The van der Waals surface area contributed by atoms with Gasteiger partial charge in [-0.1, -0.05) is 64.5 Å². The monoisotopic (exact) mass is 532 g/mol. The van der Waals surface area contributed by atoms with Crippen molar-refractivity contribution in [1.29, 1.82) is 0 Å². The van der Waals surface area contributed by atoms with Gasteiger partial charge in [0.15, 0.2) is 0 Å². The second-order valence-corrected chi connectivity index (χ2v) is 18.4. The maximum atomic E-state index is 3.49.